The van der Waals surface area contributed by atoms with E-state index in [2.05, 4.69) is 11.6 Å². The molecule has 116 valence electrons. The number of ether oxygens (including phenoxy) is 1. The number of anilines is 1. The number of nitrogens with zero attached hydrogens (tertiary/aromatic N) is 1. The van der Waals surface area contributed by atoms with Crippen molar-refractivity contribution in [2.24, 2.45) is 0 Å². The largest absolute Gasteiger partial charge is 0.496 e. The average Bonchev–Trinajstić information content (AvgIpc) is 2.53. The third kappa shape index (κ3) is 4.03. The summed E-state index contributed by atoms with van der Waals surface area (Å²) in [6.07, 6.45) is 8.40. The summed E-state index contributed by atoms with van der Waals surface area (Å²) in [7, 11) is 1.52. The zero-order valence-electron chi connectivity index (χ0n) is 12.6. The maximum Gasteiger partial charge on any atom is 0.275 e. The molecule has 1 fully saturated rings. The number of rotatable bonds is 6. The van der Waals surface area contributed by atoms with E-state index in [9.17, 15) is 10.1 Å². The Kier molecular flexibility index (Phi) is 5.33. The molecule has 1 aromatic rings. The van der Waals surface area contributed by atoms with Crippen LogP contribution in [0.5, 0.6) is 5.75 Å². The molecule has 0 spiro atoms. The number of benzene rings is 1. The van der Waals surface area contributed by atoms with E-state index in [0.717, 1.165) is 12.2 Å². The van der Waals surface area contributed by atoms with Gasteiger partial charge in [-0.3, -0.25) is 10.1 Å². The Balaban J connectivity index is 2.11. The number of nitrogens with one attached hydrogen (secondary N) is 1. The Labute approximate surface area is 129 Å². The molecular weight excluding hydrogens is 288 g/mol. The Bertz CT molecular complexity index is 502. The lowest BCUT2D eigenvalue weighted by Gasteiger charge is -2.36. The van der Waals surface area contributed by atoms with E-state index in [0.29, 0.717) is 5.75 Å². The highest BCUT2D eigenvalue weighted by atomic mass is 32.2. The van der Waals surface area contributed by atoms with Gasteiger partial charge in [0.05, 0.1) is 18.1 Å². The van der Waals surface area contributed by atoms with Crippen LogP contribution in [-0.2, 0) is 0 Å². The molecule has 1 saturated carbocycles. The van der Waals surface area contributed by atoms with Crippen LogP contribution in [0, 0.1) is 10.1 Å². The van der Waals surface area contributed by atoms with E-state index in [4.69, 9.17) is 4.74 Å². The molecule has 0 saturated heterocycles. The first kappa shape index (κ1) is 15.9. The van der Waals surface area contributed by atoms with Gasteiger partial charge in [-0.25, -0.2) is 0 Å². The monoisotopic (exact) mass is 310 g/mol. The van der Waals surface area contributed by atoms with Gasteiger partial charge in [0.2, 0.25) is 0 Å². The van der Waals surface area contributed by atoms with Gasteiger partial charge in [0, 0.05) is 29.1 Å². The standard InChI is InChI=1S/C15H22N2O3S/c1-20-14-9-12(8-13(10-14)17(18)19)16-11-15(21-2)6-4-3-5-7-15/h8-10,16H,3-7,11H2,1-2H3. The number of hydrogen-bond acceptors (Lipinski definition) is 5. The molecule has 0 unspecified atom stereocenters. The SMILES string of the molecule is COc1cc(NCC2(SC)CCCCC2)cc([N+](=O)[O-])c1. The number of thioether (sulfide) groups is 1. The first-order valence-electron chi connectivity index (χ1n) is 7.21. The minimum atomic E-state index is -0.390. The zero-order valence-corrected chi connectivity index (χ0v) is 13.4. The number of hydrogen-bond donors (Lipinski definition) is 1. The molecule has 0 bridgehead atoms. The smallest absolute Gasteiger partial charge is 0.275 e. The van der Waals surface area contributed by atoms with Crippen LogP contribution in [0.1, 0.15) is 32.1 Å². The fourth-order valence-electron chi connectivity index (χ4n) is 2.82. The molecule has 0 atom stereocenters. The van der Waals surface area contributed by atoms with Crippen molar-refractivity contribution in [2.75, 3.05) is 25.2 Å². The highest BCUT2D eigenvalue weighted by Crippen LogP contribution is 2.39. The average molecular weight is 310 g/mol. The second-order valence-corrected chi connectivity index (χ2v) is 6.75. The molecule has 2 rings (SSSR count). The Hall–Kier alpha value is -1.43. The highest BCUT2D eigenvalue weighted by Gasteiger charge is 2.30. The number of nitro groups is 1. The molecule has 0 aliphatic heterocycles. The summed E-state index contributed by atoms with van der Waals surface area (Å²) >= 11 is 1.91. The van der Waals surface area contributed by atoms with Crippen molar-refractivity contribution in [2.45, 2.75) is 36.9 Å². The lowest BCUT2D eigenvalue weighted by atomic mass is 9.88. The molecule has 5 nitrogen and oxygen atoms in total. The number of non-ortho nitro benzene ring substituents is 1. The van der Waals surface area contributed by atoms with Crippen LogP contribution >= 0.6 is 11.8 Å². The van der Waals surface area contributed by atoms with E-state index in [1.807, 2.05) is 17.8 Å². The Morgan fingerprint density at radius 2 is 2.05 bits per heavy atom. The third-order valence-electron chi connectivity index (χ3n) is 4.15. The van der Waals surface area contributed by atoms with Crippen molar-refractivity contribution in [3.63, 3.8) is 0 Å². The van der Waals surface area contributed by atoms with Crippen LogP contribution in [0.2, 0.25) is 0 Å². The molecule has 6 heteroatoms. The predicted molar refractivity (Wildman–Crippen MR) is 87.5 cm³/mol. The number of nitro benzene ring substituents is 1. The molecule has 0 aromatic heterocycles. The molecule has 1 N–H and O–H groups in total. The summed E-state index contributed by atoms with van der Waals surface area (Å²) in [5.41, 5.74) is 0.804. The van der Waals surface area contributed by atoms with E-state index >= 15 is 0 Å². The normalized spacial score (nSPS) is 17.2. The van der Waals surface area contributed by atoms with E-state index < -0.39 is 4.92 Å². The van der Waals surface area contributed by atoms with Crippen LogP contribution in [0.25, 0.3) is 0 Å². The topological polar surface area (TPSA) is 64.4 Å². The van der Waals surface area contributed by atoms with Crippen LogP contribution in [0.4, 0.5) is 11.4 Å². The molecular formula is C15H22N2O3S. The summed E-state index contributed by atoms with van der Waals surface area (Å²) in [4.78, 5) is 10.6. The van der Waals surface area contributed by atoms with Gasteiger partial charge in [-0.2, -0.15) is 11.8 Å². The fraction of sp³-hybridized carbons (Fsp3) is 0.600. The third-order valence-corrected chi connectivity index (χ3v) is 5.57. The van der Waals surface area contributed by atoms with E-state index in [1.165, 1.54) is 45.3 Å². The van der Waals surface area contributed by atoms with Gasteiger partial charge in [0.25, 0.3) is 5.69 Å². The molecule has 0 amide bonds. The van der Waals surface area contributed by atoms with E-state index in [-0.39, 0.29) is 10.4 Å². The molecule has 1 aromatic carbocycles. The first-order valence-corrected chi connectivity index (χ1v) is 8.43. The zero-order chi connectivity index (χ0) is 15.3. The molecule has 1 aliphatic rings. The Morgan fingerprint density at radius 1 is 1.33 bits per heavy atom. The van der Waals surface area contributed by atoms with Crippen LogP contribution in [-0.4, -0.2) is 29.6 Å². The summed E-state index contributed by atoms with van der Waals surface area (Å²) in [6.45, 7) is 0.832. The quantitative estimate of drug-likeness (QED) is 0.633. The van der Waals surface area contributed by atoms with Crippen molar-refractivity contribution in [3.8, 4) is 5.75 Å². The van der Waals surface area contributed by atoms with Gasteiger partial charge in [0.15, 0.2) is 0 Å². The van der Waals surface area contributed by atoms with Gasteiger partial charge in [-0.05, 0) is 19.1 Å². The second-order valence-electron chi connectivity index (χ2n) is 5.48. The Morgan fingerprint density at radius 3 is 2.62 bits per heavy atom. The van der Waals surface area contributed by atoms with Gasteiger partial charge in [0.1, 0.15) is 5.75 Å². The van der Waals surface area contributed by atoms with Crippen molar-refractivity contribution >= 4 is 23.1 Å². The fourth-order valence-corrected chi connectivity index (χ4v) is 3.73. The maximum absolute atomic E-state index is 11.0. The predicted octanol–water partition coefficient (Wildman–Crippen LogP) is 4.08. The van der Waals surface area contributed by atoms with Crippen LogP contribution < -0.4 is 10.1 Å². The molecule has 21 heavy (non-hydrogen) atoms. The first-order chi connectivity index (χ1) is 10.1. The molecule has 0 heterocycles. The number of methoxy groups -OCH3 is 1. The van der Waals surface area contributed by atoms with Gasteiger partial charge >= 0.3 is 0 Å². The van der Waals surface area contributed by atoms with Gasteiger partial charge in [-0.15, -0.1) is 0 Å². The van der Waals surface area contributed by atoms with Gasteiger partial charge in [-0.1, -0.05) is 19.3 Å². The lowest BCUT2D eigenvalue weighted by molar-refractivity contribution is -0.384. The minimum absolute atomic E-state index is 0.0543. The van der Waals surface area contributed by atoms with Crippen molar-refractivity contribution in [1.29, 1.82) is 0 Å². The lowest BCUT2D eigenvalue weighted by Crippen LogP contribution is -2.35. The van der Waals surface area contributed by atoms with E-state index in [1.54, 1.807) is 6.07 Å². The highest BCUT2D eigenvalue weighted by molar-refractivity contribution is 8.00. The van der Waals surface area contributed by atoms with Crippen molar-refractivity contribution < 1.29 is 9.66 Å². The summed E-state index contributed by atoms with van der Waals surface area (Å²) < 4.78 is 5.39. The van der Waals surface area contributed by atoms with Crippen molar-refractivity contribution in [1.82, 2.24) is 0 Å². The maximum atomic E-state index is 11.0. The second kappa shape index (κ2) is 7.02. The van der Waals surface area contributed by atoms with Crippen LogP contribution in [0.15, 0.2) is 18.2 Å². The minimum Gasteiger partial charge on any atom is -0.496 e. The van der Waals surface area contributed by atoms with Crippen molar-refractivity contribution in [3.05, 3.63) is 28.3 Å². The van der Waals surface area contributed by atoms with Gasteiger partial charge < -0.3 is 10.1 Å². The molecule has 1 aliphatic carbocycles. The summed E-state index contributed by atoms with van der Waals surface area (Å²) in [5.74, 6) is 0.508. The molecule has 0 radical (unpaired) electrons. The van der Waals surface area contributed by atoms with Crippen LogP contribution in [0.3, 0.4) is 0 Å². The summed E-state index contributed by atoms with van der Waals surface area (Å²) in [5, 5.41) is 14.3. The summed E-state index contributed by atoms with van der Waals surface area (Å²) in [6, 6.07) is 4.82.